The third-order valence-corrected chi connectivity index (χ3v) is 7.20. The van der Waals surface area contributed by atoms with E-state index in [9.17, 15) is 4.79 Å². The molecule has 2 aromatic carbocycles. The van der Waals surface area contributed by atoms with Crippen LogP contribution >= 0.6 is 11.8 Å². The van der Waals surface area contributed by atoms with E-state index in [-0.39, 0.29) is 11.8 Å². The first kappa shape index (κ1) is 21.5. The second-order valence-corrected chi connectivity index (χ2v) is 9.59. The van der Waals surface area contributed by atoms with Crippen molar-refractivity contribution in [3.8, 4) is 0 Å². The zero-order valence-corrected chi connectivity index (χ0v) is 19.5. The molecule has 1 saturated heterocycles. The summed E-state index contributed by atoms with van der Waals surface area (Å²) < 4.78 is 1.68. The Morgan fingerprint density at radius 3 is 2.58 bits per heavy atom. The fourth-order valence-corrected chi connectivity index (χ4v) is 5.03. The second kappa shape index (κ2) is 9.23. The summed E-state index contributed by atoms with van der Waals surface area (Å²) in [6.07, 6.45) is 3.20. The standard InChI is InChI=1S/C25H26N6OS/c1-17-3-8-22(18(2)15-17)33-21-6-4-20(5-7-21)27-25(32)19-11-13-30(14-12-19)24-10-9-23-28-26-16-31(23)29-24/h3-10,15-16,19H,11-14H2,1-2H3,(H,27,32). The van der Waals surface area contributed by atoms with Crippen LogP contribution in [0.25, 0.3) is 5.65 Å². The van der Waals surface area contributed by atoms with Crippen LogP contribution in [0, 0.1) is 19.8 Å². The maximum Gasteiger partial charge on any atom is 0.227 e. The Kier molecular flexibility index (Phi) is 6.00. The summed E-state index contributed by atoms with van der Waals surface area (Å²) in [6.45, 7) is 5.84. The molecule has 0 aliphatic carbocycles. The number of aryl methyl sites for hydroxylation is 2. The number of nitrogens with zero attached hydrogens (tertiary/aromatic N) is 5. The van der Waals surface area contributed by atoms with E-state index in [2.05, 4.69) is 69.7 Å². The lowest BCUT2D eigenvalue weighted by molar-refractivity contribution is -0.120. The van der Waals surface area contributed by atoms with Gasteiger partial charge >= 0.3 is 0 Å². The maximum atomic E-state index is 12.8. The van der Waals surface area contributed by atoms with Crippen LogP contribution in [0.15, 0.2) is 70.7 Å². The van der Waals surface area contributed by atoms with E-state index in [0.717, 1.165) is 48.0 Å². The molecular formula is C25H26N6OS. The molecule has 5 rings (SSSR count). The first-order chi connectivity index (χ1) is 16.0. The SMILES string of the molecule is Cc1ccc(Sc2ccc(NC(=O)C3CCN(c4ccc5nncn5n4)CC3)cc2)c(C)c1. The molecule has 1 aliphatic rings. The number of rotatable bonds is 5. The largest absolute Gasteiger partial charge is 0.355 e. The van der Waals surface area contributed by atoms with Gasteiger partial charge in [-0.25, -0.2) is 0 Å². The van der Waals surface area contributed by atoms with Gasteiger partial charge < -0.3 is 10.2 Å². The summed E-state index contributed by atoms with van der Waals surface area (Å²) in [5.41, 5.74) is 4.12. The minimum Gasteiger partial charge on any atom is -0.355 e. The molecule has 0 atom stereocenters. The molecule has 1 amide bonds. The van der Waals surface area contributed by atoms with Crippen LogP contribution in [0.5, 0.6) is 0 Å². The van der Waals surface area contributed by atoms with E-state index in [4.69, 9.17) is 0 Å². The summed E-state index contributed by atoms with van der Waals surface area (Å²) in [4.78, 5) is 17.5. The van der Waals surface area contributed by atoms with Gasteiger partial charge in [-0.3, -0.25) is 4.79 Å². The fraction of sp³-hybridized carbons (Fsp3) is 0.280. The predicted octanol–water partition coefficient (Wildman–Crippen LogP) is 4.75. The Balaban J connectivity index is 1.15. The van der Waals surface area contributed by atoms with E-state index >= 15 is 0 Å². The smallest absolute Gasteiger partial charge is 0.227 e. The first-order valence-electron chi connectivity index (χ1n) is 11.1. The zero-order valence-electron chi connectivity index (χ0n) is 18.7. The van der Waals surface area contributed by atoms with Crippen molar-refractivity contribution < 1.29 is 4.79 Å². The van der Waals surface area contributed by atoms with Gasteiger partial charge in [0.2, 0.25) is 5.91 Å². The molecule has 4 aromatic rings. The molecule has 168 valence electrons. The van der Waals surface area contributed by atoms with Gasteiger partial charge in [0.1, 0.15) is 12.1 Å². The van der Waals surface area contributed by atoms with Crippen LogP contribution in [-0.4, -0.2) is 38.8 Å². The molecular weight excluding hydrogens is 432 g/mol. The highest BCUT2D eigenvalue weighted by molar-refractivity contribution is 7.99. The van der Waals surface area contributed by atoms with Crippen LogP contribution < -0.4 is 10.2 Å². The van der Waals surface area contributed by atoms with Crippen molar-refractivity contribution in [2.75, 3.05) is 23.3 Å². The molecule has 0 bridgehead atoms. The van der Waals surface area contributed by atoms with E-state index in [1.54, 1.807) is 22.6 Å². The zero-order chi connectivity index (χ0) is 22.8. The van der Waals surface area contributed by atoms with E-state index in [1.807, 2.05) is 24.3 Å². The average Bonchev–Trinajstić information content (AvgIpc) is 3.30. The van der Waals surface area contributed by atoms with E-state index < -0.39 is 0 Å². The number of piperidine rings is 1. The number of aromatic nitrogens is 4. The summed E-state index contributed by atoms with van der Waals surface area (Å²) in [5.74, 6) is 0.980. The monoisotopic (exact) mass is 458 g/mol. The minimum absolute atomic E-state index is 0.00384. The summed E-state index contributed by atoms with van der Waals surface area (Å²) in [5, 5.41) is 15.5. The summed E-state index contributed by atoms with van der Waals surface area (Å²) in [7, 11) is 0. The number of hydrogen-bond acceptors (Lipinski definition) is 6. The molecule has 1 N–H and O–H groups in total. The van der Waals surface area contributed by atoms with Gasteiger partial charge in [0.15, 0.2) is 5.65 Å². The molecule has 0 unspecified atom stereocenters. The molecule has 0 saturated carbocycles. The average molecular weight is 459 g/mol. The molecule has 7 nitrogen and oxygen atoms in total. The van der Waals surface area contributed by atoms with Crippen molar-refractivity contribution >= 4 is 34.8 Å². The number of anilines is 2. The van der Waals surface area contributed by atoms with Gasteiger partial charge in [0, 0.05) is 34.5 Å². The number of benzene rings is 2. The normalized spacial score (nSPS) is 14.5. The molecule has 1 fully saturated rings. The van der Waals surface area contributed by atoms with Crippen LogP contribution in [-0.2, 0) is 4.79 Å². The molecule has 3 heterocycles. The van der Waals surface area contributed by atoms with Gasteiger partial charge in [0.25, 0.3) is 0 Å². The highest BCUT2D eigenvalue weighted by atomic mass is 32.2. The molecule has 8 heteroatoms. The van der Waals surface area contributed by atoms with Crippen LogP contribution in [0.3, 0.4) is 0 Å². The van der Waals surface area contributed by atoms with Crippen molar-refractivity contribution in [2.24, 2.45) is 5.92 Å². The highest BCUT2D eigenvalue weighted by Crippen LogP contribution is 2.31. The van der Waals surface area contributed by atoms with Crippen molar-refractivity contribution in [1.29, 1.82) is 0 Å². The first-order valence-corrected chi connectivity index (χ1v) is 11.9. The van der Waals surface area contributed by atoms with Gasteiger partial charge in [-0.1, -0.05) is 29.5 Å². The topological polar surface area (TPSA) is 75.4 Å². The highest BCUT2D eigenvalue weighted by Gasteiger charge is 2.26. The van der Waals surface area contributed by atoms with Crippen molar-refractivity contribution in [3.05, 3.63) is 72.1 Å². The third kappa shape index (κ3) is 4.85. The van der Waals surface area contributed by atoms with Crippen molar-refractivity contribution in [3.63, 3.8) is 0 Å². The Morgan fingerprint density at radius 1 is 1.03 bits per heavy atom. The van der Waals surface area contributed by atoms with Gasteiger partial charge in [0.05, 0.1) is 0 Å². The number of carbonyl (C=O) groups excluding carboxylic acids is 1. The summed E-state index contributed by atoms with van der Waals surface area (Å²) >= 11 is 1.74. The van der Waals surface area contributed by atoms with Crippen LogP contribution in [0.1, 0.15) is 24.0 Å². The van der Waals surface area contributed by atoms with Crippen molar-refractivity contribution in [2.45, 2.75) is 36.5 Å². The Hall–Kier alpha value is -3.39. The molecule has 1 aliphatic heterocycles. The fourth-order valence-electron chi connectivity index (χ4n) is 4.15. The number of amides is 1. The number of fused-ring (bicyclic) bond motifs is 1. The summed E-state index contributed by atoms with van der Waals surface area (Å²) in [6, 6.07) is 18.5. The van der Waals surface area contributed by atoms with Gasteiger partial charge in [-0.05, 0) is 74.7 Å². The number of nitrogens with one attached hydrogen (secondary N) is 1. The molecule has 33 heavy (non-hydrogen) atoms. The third-order valence-electron chi connectivity index (χ3n) is 6.02. The minimum atomic E-state index is 0.00384. The lowest BCUT2D eigenvalue weighted by Gasteiger charge is -2.32. The Labute approximate surface area is 197 Å². The lowest BCUT2D eigenvalue weighted by Crippen LogP contribution is -2.38. The van der Waals surface area contributed by atoms with Gasteiger partial charge in [-0.2, -0.15) is 4.52 Å². The van der Waals surface area contributed by atoms with Crippen molar-refractivity contribution in [1.82, 2.24) is 19.8 Å². The number of hydrogen-bond donors (Lipinski definition) is 1. The molecule has 2 aromatic heterocycles. The van der Waals surface area contributed by atoms with E-state index in [1.165, 1.54) is 16.0 Å². The number of carbonyl (C=O) groups is 1. The lowest BCUT2D eigenvalue weighted by atomic mass is 9.96. The Morgan fingerprint density at radius 2 is 1.82 bits per heavy atom. The Bertz CT molecular complexity index is 1280. The van der Waals surface area contributed by atoms with Gasteiger partial charge in [-0.15, -0.1) is 15.3 Å². The molecule has 0 spiro atoms. The maximum absolute atomic E-state index is 12.8. The van der Waals surface area contributed by atoms with Crippen LogP contribution in [0.2, 0.25) is 0 Å². The second-order valence-electron chi connectivity index (χ2n) is 8.47. The van der Waals surface area contributed by atoms with E-state index in [0.29, 0.717) is 0 Å². The van der Waals surface area contributed by atoms with Crippen LogP contribution in [0.4, 0.5) is 11.5 Å². The quantitative estimate of drug-likeness (QED) is 0.465. The predicted molar refractivity (Wildman–Crippen MR) is 131 cm³/mol. The molecule has 0 radical (unpaired) electrons.